The molecular weight excluding hydrogens is 955 g/mol. The summed E-state index contributed by atoms with van der Waals surface area (Å²) in [5, 5.41) is 86.6. The number of aliphatic hydroxyl groups excluding tert-OH is 8. The molecule has 428 valence electrons. The Bertz CT molecular complexity index is 1670. The minimum atomic E-state index is -1.79. The van der Waals surface area contributed by atoms with Crippen molar-refractivity contribution >= 4 is 5.91 Å². The Morgan fingerprint density at radius 1 is 0.493 bits per heavy atom. The standard InChI is InChI=1S/C61H101NO13/c1-3-5-7-9-11-12-13-14-15-16-17-18-19-20-21-22-23-24-25-26-27-28-29-30-31-32-33-34-35-36-37-38-39-41-43-45-53(66)62-49(50(65)44-42-40-10-8-6-4-2)48-72-60-58(71)56(69)59(52(47-64)74-60)75-61-57(70)55(68)54(67)51(46-63)73-61/h5,7,11-12,14-15,17-18,20-21,23-24,26-27,29-30,32-33,49-52,54-61,63-65,67-71H,3-4,6,8-10,13,16,19,22,25,28,31,34-48H2,1-2H3,(H,62,66)/b7-5-,12-11-,15-14-,18-17-,21-20-,24-23-,27-26-,30-29-,33-32-. The molecule has 0 spiro atoms. The van der Waals surface area contributed by atoms with E-state index in [1.165, 1.54) is 6.42 Å². The van der Waals surface area contributed by atoms with E-state index in [1.54, 1.807) is 0 Å². The summed E-state index contributed by atoms with van der Waals surface area (Å²) in [5.74, 6) is -0.230. The number of ether oxygens (including phenoxy) is 4. The number of hydrogen-bond acceptors (Lipinski definition) is 13. The van der Waals surface area contributed by atoms with Gasteiger partial charge in [-0.15, -0.1) is 0 Å². The van der Waals surface area contributed by atoms with Gasteiger partial charge in [-0.25, -0.2) is 0 Å². The monoisotopic (exact) mass is 1060 g/mol. The zero-order valence-corrected chi connectivity index (χ0v) is 45.7. The number of hydrogen-bond donors (Lipinski definition) is 9. The SMILES string of the molecule is CC/C=C\C/C=C\C/C=C\C/C=C\C/C=C\C/C=C\C/C=C\C/C=C\C/C=C\CCCCCCCCCC(=O)NC(COC1OC(CO)C(OC2OC(CO)C(O)C(O)C2O)C(O)C1O)C(O)CCCCCCCC. The molecule has 14 heteroatoms. The van der Waals surface area contributed by atoms with Gasteiger partial charge < -0.3 is 65.1 Å². The lowest BCUT2D eigenvalue weighted by Crippen LogP contribution is -2.65. The third-order valence-electron chi connectivity index (χ3n) is 13.3. The number of carbonyl (C=O) groups excluding carboxylic acids is 1. The number of rotatable bonds is 43. The van der Waals surface area contributed by atoms with Gasteiger partial charge in [-0.05, 0) is 83.5 Å². The van der Waals surface area contributed by atoms with Gasteiger partial charge in [-0.1, -0.05) is 194 Å². The first-order valence-electron chi connectivity index (χ1n) is 28.6. The van der Waals surface area contributed by atoms with E-state index in [9.17, 15) is 45.6 Å². The molecule has 0 radical (unpaired) electrons. The van der Waals surface area contributed by atoms with Crippen LogP contribution in [0.3, 0.4) is 0 Å². The van der Waals surface area contributed by atoms with Gasteiger partial charge in [0.15, 0.2) is 12.6 Å². The predicted octanol–water partition coefficient (Wildman–Crippen LogP) is 9.27. The van der Waals surface area contributed by atoms with Crippen LogP contribution in [0, 0.1) is 0 Å². The molecule has 2 fully saturated rings. The maximum Gasteiger partial charge on any atom is 0.220 e. The van der Waals surface area contributed by atoms with Gasteiger partial charge in [0.05, 0.1) is 32.0 Å². The second kappa shape index (κ2) is 45.6. The van der Waals surface area contributed by atoms with Gasteiger partial charge in [-0.2, -0.15) is 0 Å². The molecule has 0 aromatic carbocycles. The van der Waals surface area contributed by atoms with Crippen molar-refractivity contribution in [2.24, 2.45) is 0 Å². The molecule has 2 saturated heterocycles. The van der Waals surface area contributed by atoms with E-state index < -0.39 is 86.8 Å². The topological polar surface area (TPSA) is 228 Å². The summed E-state index contributed by atoms with van der Waals surface area (Å²) in [6.07, 6.45) is 47.2. The normalized spacial score (nSPS) is 25.9. The average Bonchev–Trinajstić information content (AvgIpc) is 3.41. The fourth-order valence-electron chi connectivity index (χ4n) is 8.64. The van der Waals surface area contributed by atoms with Gasteiger partial charge in [0.25, 0.3) is 0 Å². The highest BCUT2D eigenvalue weighted by Gasteiger charge is 2.51. The molecule has 2 heterocycles. The predicted molar refractivity (Wildman–Crippen MR) is 299 cm³/mol. The summed E-state index contributed by atoms with van der Waals surface area (Å²) >= 11 is 0. The molecule has 0 aromatic rings. The molecule has 14 nitrogen and oxygen atoms in total. The summed E-state index contributed by atoms with van der Waals surface area (Å²) in [7, 11) is 0. The number of aliphatic hydroxyl groups is 8. The molecule has 0 aliphatic carbocycles. The molecule has 0 saturated carbocycles. The number of carbonyl (C=O) groups is 1. The first-order chi connectivity index (χ1) is 36.6. The van der Waals surface area contributed by atoms with Crippen molar-refractivity contribution in [1.29, 1.82) is 0 Å². The minimum absolute atomic E-state index is 0.230. The quantitative estimate of drug-likeness (QED) is 0.0205. The third kappa shape index (κ3) is 31.6. The van der Waals surface area contributed by atoms with Crippen LogP contribution >= 0.6 is 0 Å². The lowest BCUT2D eigenvalue weighted by atomic mass is 9.97. The first kappa shape index (κ1) is 67.8. The Hall–Kier alpha value is -3.35. The second-order valence-electron chi connectivity index (χ2n) is 19.7. The van der Waals surface area contributed by atoms with Crippen LogP contribution in [0.25, 0.3) is 0 Å². The molecule has 9 N–H and O–H groups in total. The lowest BCUT2D eigenvalue weighted by molar-refractivity contribution is -0.359. The van der Waals surface area contributed by atoms with E-state index in [0.29, 0.717) is 12.8 Å². The Labute approximate surface area is 451 Å². The molecular formula is C61H101NO13. The summed E-state index contributed by atoms with van der Waals surface area (Å²) in [6.45, 7) is 2.63. The van der Waals surface area contributed by atoms with Gasteiger partial charge in [-0.3, -0.25) is 4.79 Å². The largest absolute Gasteiger partial charge is 0.394 e. The van der Waals surface area contributed by atoms with E-state index in [0.717, 1.165) is 135 Å². The molecule has 2 aliphatic heterocycles. The van der Waals surface area contributed by atoms with Gasteiger partial charge in [0.2, 0.25) is 5.91 Å². The van der Waals surface area contributed by atoms with Crippen LogP contribution in [-0.2, 0) is 23.7 Å². The summed E-state index contributed by atoms with van der Waals surface area (Å²) in [4.78, 5) is 13.1. The highest BCUT2D eigenvalue weighted by Crippen LogP contribution is 2.30. The van der Waals surface area contributed by atoms with Crippen molar-refractivity contribution in [3.05, 3.63) is 109 Å². The van der Waals surface area contributed by atoms with Crippen molar-refractivity contribution < 1.29 is 64.6 Å². The van der Waals surface area contributed by atoms with Crippen LogP contribution in [-0.4, -0.2) is 140 Å². The van der Waals surface area contributed by atoms with Crippen LogP contribution in [0.15, 0.2) is 109 Å². The fourth-order valence-corrected chi connectivity index (χ4v) is 8.64. The van der Waals surface area contributed by atoms with Crippen molar-refractivity contribution in [3.8, 4) is 0 Å². The average molecular weight is 1060 g/mol. The fraction of sp³-hybridized carbons (Fsp3) is 0.689. The number of allylic oxidation sites excluding steroid dienone is 18. The molecule has 75 heavy (non-hydrogen) atoms. The Morgan fingerprint density at radius 3 is 1.41 bits per heavy atom. The van der Waals surface area contributed by atoms with E-state index >= 15 is 0 Å². The van der Waals surface area contributed by atoms with Crippen LogP contribution < -0.4 is 5.32 Å². The van der Waals surface area contributed by atoms with E-state index in [2.05, 4.69) is 129 Å². The number of unbranched alkanes of at least 4 members (excludes halogenated alkanes) is 12. The molecule has 2 rings (SSSR count). The van der Waals surface area contributed by atoms with Crippen LogP contribution in [0.1, 0.15) is 174 Å². The minimum Gasteiger partial charge on any atom is -0.394 e. The second-order valence-corrected chi connectivity index (χ2v) is 19.7. The van der Waals surface area contributed by atoms with Crippen molar-refractivity contribution in [2.45, 2.75) is 248 Å². The summed E-state index contributed by atoms with van der Waals surface area (Å²) < 4.78 is 22.7. The van der Waals surface area contributed by atoms with Crippen molar-refractivity contribution in [2.75, 3.05) is 19.8 Å². The zero-order valence-electron chi connectivity index (χ0n) is 45.7. The summed E-state index contributed by atoms with van der Waals surface area (Å²) in [5.41, 5.74) is 0. The lowest BCUT2D eigenvalue weighted by Gasteiger charge is -2.46. The van der Waals surface area contributed by atoms with Gasteiger partial charge >= 0.3 is 0 Å². The zero-order chi connectivity index (χ0) is 54.6. The third-order valence-corrected chi connectivity index (χ3v) is 13.3. The molecule has 1 amide bonds. The van der Waals surface area contributed by atoms with E-state index in [4.69, 9.17) is 18.9 Å². The smallest absolute Gasteiger partial charge is 0.220 e. The highest BCUT2D eigenvalue weighted by atomic mass is 16.7. The molecule has 0 bridgehead atoms. The van der Waals surface area contributed by atoms with Crippen LogP contribution in [0.2, 0.25) is 0 Å². The maximum absolute atomic E-state index is 13.1. The van der Waals surface area contributed by atoms with Crippen molar-refractivity contribution in [3.63, 3.8) is 0 Å². The van der Waals surface area contributed by atoms with E-state index in [-0.39, 0.29) is 18.9 Å². The van der Waals surface area contributed by atoms with E-state index in [1.807, 2.05) is 0 Å². The highest BCUT2D eigenvalue weighted by molar-refractivity contribution is 5.76. The first-order valence-corrected chi connectivity index (χ1v) is 28.6. The maximum atomic E-state index is 13.1. The Kier molecular flexibility index (Phi) is 41.2. The number of amides is 1. The Morgan fingerprint density at radius 2 is 0.920 bits per heavy atom. The Balaban J connectivity index is 1.61. The van der Waals surface area contributed by atoms with Gasteiger partial charge in [0, 0.05) is 6.42 Å². The molecule has 12 atom stereocenters. The van der Waals surface area contributed by atoms with Gasteiger partial charge in [0.1, 0.15) is 48.8 Å². The van der Waals surface area contributed by atoms with Crippen LogP contribution in [0.4, 0.5) is 0 Å². The summed E-state index contributed by atoms with van der Waals surface area (Å²) in [6, 6.07) is -0.839. The molecule has 12 unspecified atom stereocenters. The number of nitrogens with one attached hydrogen (secondary N) is 1. The van der Waals surface area contributed by atoms with Crippen LogP contribution in [0.5, 0.6) is 0 Å². The molecule has 2 aliphatic rings. The van der Waals surface area contributed by atoms with Crippen molar-refractivity contribution in [1.82, 2.24) is 5.32 Å². The molecule has 0 aromatic heterocycles.